The van der Waals surface area contributed by atoms with Crippen molar-refractivity contribution in [3.63, 3.8) is 0 Å². The lowest BCUT2D eigenvalue weighted by Crippen LogP contribution is -2.20. The van der Waals surface area contributed by atoms with Gasteiger partial charge in [0.15, 0.2) is 0 Å². The summed E-state index contributed by atoms with van der Waals surface area (Å²) >= 11 is 0. The summed E-state index contributed by atoms with van der Waals surface area (Å²) in [5.41, 5.74) is 3.45. The predicted octanol–water partition coefficient (Wildman–Crippen LogP) is 2.08. The fraction of sp³-hybridized carbons (Fsp3) is 0.438. The zero-order valence-electron chi connectivity index (χ0n) is 12.5. The van der Waals surface area contributed by atoms with Gasteiger partial charge in [0.1, 0.15) is 5.82 Å². The van der Waals surface area contributed by atoms with Crippen LogP contribution < -0.4 is 10.2 Å². The van der Waals surface area contributed by atoms with Gasteiger partial charge in [0.25, 0.3) is 0 Å². The molecule has 2 rings (SSSR count). The third kappa shape index (κ3) is 3.46. The van der Waals surface area contributed by atoms with Gasteiger partial charge in [-0.25, -0.2) is 4.98 Å². The first-order chi connectivity index (χ1) is 9.61. The normalized spacial score (nSPS) is 11.0. The Morgan fingerprint density at radius 1 is 1.25 bits per heavy atom. The summed E-state index contributed by atoms with van der Waals surface area (Å²) in [5.74, 6) is 1.000. The van der Waals surface area contributed by atoms with Gasteiger partial charge < -0.3 is 15.3 Å². The van der Waals surface area contributed by atoms with E-state index < -0.39 is 0 Å². The van der Waals surface area contributed by atoms with Crippen LogP contribution in [-0.4, -0.2) is 37.3 Å². The van der Waals surface area contributed by atoms with Crippen molar-refractivity contribution >= 4 is 16.7 Å². The third-order valence-electron chi connectivity index (χ3n) is 3.28. The van der Waals surface area contributed by atoms with Crippen LogP contribution in [0, 0.1) is 6.92 Å². The van der Waals surface area contributed by atoms with Crippen molar-refractivity contribution in [3.05, 3.63) is 35.4 Å². The Bertz CT molecular complexity index is 581. The molecule has 0 aliphatic carbocycles. The minimum Gasteiger partial charge on any atom is -0.396 e. The second-order valence-corrected chi connectivity index (χ2v) is 5.32. The molecule has 0 atom stereocenters. The summed E-state index contributed by atoms with van der Waals surface area (Å²) in [6.45, 7) is 3.89. The molecule has 0 fully saturated rings. The van der Waals surface area contributed by atoms with E-state index in [-0.39, 0.29) is 6.61 Å². The van der Waals surface area contributed by atoms with Crippen LogP contribution in [0.3, 0.4) is 0 Å². The largest absolute Gasteiger partial charge is 0.396 e. The Hall–Kier alpha value is -1.65. The highest BCUT2D eigenvalue weighted by atomic mass is 16.3. The highest BCUT2D eigenvalue weighted by molar-refractivity contribution is 5.82. The fourth-order valence-electron chi connectivity index (χ4n) is 2.26. The first-order valence-corrected chi connectivity index (χ1v) is 7.01. The van der Waals surface area contributed by atoms with Crippen molar-refractivity contribution in [1.29, 1.82) is 0 Å². The molecule has 20 heavy (non-hydrogen) atoms. The third-order valence-corrected chi connectivity index (χ3v) is 3.28. The lowest BCUT2D eigenvalue weighted by molar-refractivity contribution is 0.286. The molecule has 0 radical (unpaired) electrons. The Morgan fingerprint density at radius 3 is 2.75 bits per heavy atom. The summed E-state index contributed by atoms with van der Waals surface area (Å²) < 4.78 is 0. The summed E-state index contributed by atoms with van der Waals surface area (Å²) in [5, 5.41) is 13.3. The molecular weight excluding hydrogens is 250 g/mol. The monoisotopic (exact) mass is 273 g/mol. The van der Waals surface area contributed by atoms with E-state index in [0.29, 0.717) is 0 Å². The van der Waals surface area contributed by atoms with Crippen LogP contribution in [0.5, 0.6) is 0 Å². The summed E-state index contributed by atoms with van der Waals surface area (Å²) in [7, 11) is 4.03. The molecule has 1 heterocycles. The molecule has 0 spiro atoms. The van der Waals surface area contributed by atoms with Gasteiger partial charge in [-0.15, -0.1) is 0 Å². The van der Waals surface area contributed by atoms with Gasteiger partial charge >= 0.3 is 0 Å². The Labute approximate surface area is 120 Å². The van der Waals surface area contributed by atoms with Gasteiger partial charge in [0.05, 0.1) is 5.52 Å². The molecule has 4 nitrogen and oxygen atoms in total. The molecule has 0 saturated heterocycles. The molecule has 2 aromatic rings. The van der Waals surface area contributed by atoms with Gasteiger partial charge in [-0.3, -0.25) is 0 Å². The van der Waals surface area contributed by atoms with Crippen LogP contribution in [0.4, 0.5) is 5.82 Å². The molecule has 1 aromatic heterocycles. The van der Waals surface area contributed by atoms with Crippen LogP contribution in [0.15, 0.2) is 24.3 Å². The maximum Gasteiger partial charge on any atom is 0.133 e. The Morgan fingerprint density at radius 2 is 2.05 bits per heavy atom. The van der Waals surface area contributed by atoms with E-state index in [2.05, 4.69) is 36.5 Å². The van der Waals surface area contributed by atoms with E-state index in [0.717, 1.165) is 30.8 Å². The smallest absolute Gasteiger partial charge is 0.133 e. The Balaban J connectivity index is 2.31. The molecule has 108 valence electrons. The van der Waals surface area contributed by atoms with Crippen molar-refractivity contribution in [3.8, 4) is 0 Å². The van der Waals surface area contributed by atoms with Gasteiger partial charge in [0, 0.05) is 38.2 Å². The van der Waals surface area contributed by atoms with E-state index in [4.69, 9.17) is 10.1 Å². The Kier molecular flexibility index (Phi) is 4.93. The highest BCUT2D eigenvalue weighted by Gasteiger charge is 2.08. The number of hydrogen-bond acceptors (Lipinski definition) is 4. The second kappa shape index (κ2) is 6.68. The molecule has 2 N–H and O–H groups in total. The number of anilines is 1. The number of hydrogen-bond donors (Lipinski definition) is 2. The average molecular weight is 273 g/mol. The molecule has 0 aliphatic rings. The van der Waals surface area contributed by atoms with Crippen LogP contribution >= 0.6 is 0 Å². The number of aryl methyl sites for hydroxylation is 1. The maximum absolute atomic E-state index is 8.81. The SMILES string of the molecule is Cc1ccc2cc(CNCCCO)c(N(C)C)nc2c1. The van der Waals surface area contributed by atoms with Gasteiger partial charge in [-0.1, -0.05) is 12.1 Å². The van der Waals surface area contributed by atoms with Crippen LogP contribution in [-0.2, 0) is 6.54 Å². The number of nitrogens with zero attached hydrogens (tertiary/aromatic N) is 2. The van der Waals surface area contributed by atoms with E-state index in [9.17, 15) is 0 Å². The standard InChI is InChI=1S/C16H23N3O/c1-12-5-6-13-10-14(11-17-7-4-8-20)16(19(2)3)18-15(13)9-12/h5-6,9-10,17,20H,4,7-8,11H2,1-3H3. The first kappa shape index (κ1) is 14.8. The van der Waals surface area contributed by atoms with E-state index in [1.165, 1.54) is 16.5 Å². The van der Waals surface area contributed by atoms with Crippen molar-refractivity contribution in [2.75, 3.05) is 32.1 Å². The van der Waals surface area contributed by atoms with Crippen LogP contribution in [0.25, 0.3) is 10.9 Å². The zero-order valence-corrected chi connectivity index (χ0v) is 12.5. The molecule has 4 heteroatoms. The van der Waals surface area contributed by atoms with E-state index in [1.807, 2.05) is 19.0 Å². The number of benzene rings is 1. The van der Waals surface area contributed by atoms with Gasteiger partial charge in [-0.2, -0.15) is 0 Å². The lowest BCUT2D eigenvalue weighted by atomic mass is 10.1. The minimum absolute atomic E-state index is 0.225. The predicted molar refractivity (Wildman–Crippen MR) is 84.2 cm³/mol. The number of nitrogens with one attached hydrogen (secondary N) is 1. The lowest BCUT2D eigenvalue weighted by Gasteiger charge is -2.18. The summed E-state index contributed by atoms with van der Waals surface area (Å²) in [6, 6.07) is 8.55. The molecule has 1 aromatic carbocycles. The number of aliphatic hydroxyl groups is 1. The number of rotatable bonds is 6. The van der Waals surface area contributed by atoms with Gasteiger partial charge in [0.2, 0.25) is 0 Å². The number of fused-ring (bicyclic) bond motifs is 1. The average Bonchev–Trinajstić information content (AvgIpc) is 2.42. The number of aromatic nitrogens is 1. The minimum atomic E-state index is 0.225. The fourth-order valence-corrected chi connectivity index (χ4v) is 2.26. The molecule has 0 saturated carbocycles. The summed E-state index contributed by atoms with van der Waals surface area (Å²) in [6.07, 6.45) is 0.775. The second-order valence-electron chi connectivity index (χ2n) is 5.32. The number of pyridine rings is 1. The van der Waals surface area contributed by atoms with Crippen molar-refractivity contribution in [2.24, 2.45) is 0 Å². The molecular formula is C16H23N3O. The van der Waals surface area contributed by atoms with Crippen molar-refractivity contribution < 1.29 is 5.11 Å². The van der Waals surface area contributed by atoms with Crippen LogP contribution in [0.2, 0.25) is 0 Å². The molecule has 0 unspecified atom stereocenters. The quantitative estimate of drug-likeness (QED) is 0.791. The molecule has 0 bridgehead atoms. The number of aliphatic hydroxyl groups excluding tert-OH is 1. The maximum atomic E-state index is 8.81. The van der Waals surface area contributed by atoms with Crippen LogP contribution in [0.1, 0.15) is 17.5 Å². The van der Waals surface area contributed by atoms with Crippen molar-refractivity contribution in [1.82, 2.24) is 10.3 Å². The van der Waals surface area contributed by atoms with E-state index >= 15 is 0 Å². The first-order valence-electron chi connectivity index (χ1n) is 7.01. The van der Waals surface area contributed by atoms with Gasteiger partial charge in [-0.05, 0) is 37.6 Å². The van der Waals surface area contributed by atoms with Crippen molar-refractivity contribution in [2.45, 2.75) is 19.9 Å². The zero-order chi connectivity index (χ0) is 14.5. The highest BCUT2D eigenvalue weighted by Crippen LogP contribution is 2.23. The summed E-state index contributed by atoms with van der Waals surface area (Å²) in [4.78, 5) is 6.82. The van der Waals surface area contributed by atoms with E-state index in [1.54, 1.807) is 0 Å². The topological polar surface area (TPSA) is 48.4 Å². The molecule has 0 amide bonds. The molecule has 0 aliphatic heterocycles.